The quantitative estimate of drug-likeness (QED) is 0.906. The molecule has 122 valence electrons. The first-order valence-corrected chi connectivity index (χ1v) is 7.15. The maximum Gasteiger partial charge on any atom is 0.242 e. The monoisotopic (exact) mass is 328 g/mol. The van der Waals surface area contributed by atoms with Gasteiger partial charge in [0.05, 0.1) is 12.6 Å². The van der Waals surface area contributed by atoms with Crippen molar-refractivity contribution in [3.05, 3.63) is 23.8 Å². The number of nitrogens with two attached hydrogens (primary N) is 1. The lowest BCUT2D eigenvalue weighted by atomic mass is 10.0. The zero-order valence-electron chi connectivity index (χ0n) is 12.5. The molecule has 6 nitrogen and oxygen atoms in total. The topological polar surface area (TPSA) is 74.0 Å². The number of hydrogen-bond donors (Lipinski definition) is 1. The highest BCUT2D eigenvalue weighted by molar-refractivity contribution is 5.85. The first-order valence-electron chi connectivity index (χ1n) is 7.15. The fraction of sp³-hybridized carbons (Fsp3) is 0.533. The Labute approximate surface area is 135 Å². The van der Waals surface area contributed by atoms with Crippen LogP contribution in [-0.2, 0) is 9.53 Å². The molecule has 2 atom stereocenters. The van der Waals surface area contributed by atoms with Crippen LogP contribution in [0, 0.1) is 0 Å². The van der Waals surface area contributed by atoms with Gasteiger partial charge in [-0.15, -0.1) is 12.4 Å². The van der Waals surface area contributed by atoms with Crippen molar-refractivity contribution in [2.45, 2.75) is 24.9 Å². The molecule has 2 aliphatic heterocycles. The number of rotatable bonds is 4. The summed E-state index contributed by atoms with van der Waals surface area (Å²) < 4.78 is 15.7. The molecular formula is C15H21ClN2O4. The molecule has 0 spiro atoms. The predicted molar refractivity (Wildman–Crippen MR) is 83.4 cm³/mol. The van der Waals surface area contributed by atoms with Gasteiger partial charge in [0.2, 0.25) is 12.7 Å². The van der Waals surface area contributed by atoms with E-state index in [2.05, 4.69) is 0 Å². The molecule has 2 unspecified atom stereocenters. The molecule has 0 aromatic heterocycles. The Morgan fingerprint density at radius 1 is 1.45 bits per heavy atom. The van der Waals surface area contributed by atoms with E-state index in [1.807, 2.05) is 23.1 Å². The number of carbonyl (C=O) groups is 1. The van der Waals surface area contributed by atoms with Crippen LogP contribution in [0.2, 0.25) is 0 Å². The summed E-state index contributed by atoms with van der Waals surface area (Å²) >= 11 is 0. The average molecular weight is 329 g/mol. The lowest BCUT2D eigenvalue weighted by Crippen LogP contribution is -2.45. The zero-order chi connectivity index (χ0) is 14.8. The largest absolute Gasteiger partial charge is 0.454 e. The number of halogens is 1. The van der Waals surface area contributed by atoms with Gasteiger partial charge in [0.25, 0.3) is 0 Å². The normalized spacial score (nSPS) is 20.6. The van der Waals surface area contributed by atoms with Crippen LogP contribution < -0.4 is 15.2 Å². The van der Waals surface area contributed by atoms with Crippen molar-refractivity contribution in [3.8, 4) is 11.5 Å². The van der Waals surface area contributed by atoms with Gasteiger partial charge in [-0.05, 0) is 30.5 Å². The van der Waals surface area contributed by atoms with Crippen LogP contribution in [0.25, 0.3) is 0 Å². The van der Waals surface area contributed by atoms with Crippen molar-refractivity contribution in [3.63, 3.8) is 0 Å². The van der Waals surface area contributed by atoms with Crippen molar-refractivity contribution in [2.75, 3.05) is 27.1 Å². The SMILES string of the molecule is COCC(N)C(=O)N1CCCC1c1ccc2c(c1)OCO2.Cl. The maximum absolute atomic E-state index is 12.4. The van der Waals surface area contributed by atoms with Gasteiger partial charge in [0.15, 0.2) is 11.5 Å². The first kappa shape index (κ1) is 16.9. The number of carbonyl (C=O) groups excluding carboxylic acids is 1. The highest BCUT2D eigenvalue weighted by Gasteiger charge is 2.33. The van der Waals surface area contributed by atoms with Crippen LogP contribution in [0.3, 0.4) is 0 Å². The highest BCUT2D eigenvalue weighted by atomic mass is 35.5. The summed E-state index contributed by atoms with van der Waals surface area (Å²) in [7, 11) is 1.55. The van der Waals surface area contributed by atoms with E-state index < -0.39 is 6.04 Å². The Balaban J connectivity index is 0.00000176. The Hall–Kier alpha value is -1.50. The van der Waals surface area contributed by atoms with E-state index in [0.29, 0.717) is 0 Å². The van der Waals surface area contributed by atoms with E-state index in [-0.39, 0.29) is 37.8 Å². The van der Waals surface area contributed by atoms with Gasteiger partial charge in [0.1, 0.15) is 6.04 Å². The summed E-state index contributed by atoms with van der Waals surface area (Å²) in [5.74, 6) is 1.44. The molecule has 0 radical (unpaired) electrons. The molecule has 2 heterocycles. The molecule has 1 aromatic rings. The molecular weight excluding hydrogens is 308 g/mol. The fourth-order valence-electron chi connectivity index (χ4n) is 2.96. The third-order valence-corrected chi connectivity index (χ3v) is 3.98. The third kappa shape index (κ3) is 3.14. The molecule has 1 saturated heterocycles. The van der Waals surface area contributed by atoms with Crippen LogP contribution in [0.5, 0.6) is 11.5 Å². The molecule has 1 fully saturated rings. The standard InChI is InChI=1S/C15H20N2O4.ClH/c1-19-8-11(16)15(18)17-6-2-3-12(17)10-4-5-13-14(7-10)21-9-20-13;/h4-5,7,11-12H,2-3,6,8-9,16H2,1H3;1H. The van der Waals surface area contributed by atoms with Crippen molar-refractivity contribution in [2.24, 2.45) is 5.73 Å². The number of methoxy groups -OCH3 is 1. The van der Waals surface area contributed by atoms with Gasteiger partial charge in [-0.2, -0.15) is 0 Å². The van der Waals surface area contributed by atoms with E-state index >= 15 is 0 Å². The summed E-state index contributed by atoms with van der Waals surface area (Å²) in [6, 6.07) is 5.29. The fourth-order valence-corrected chi connectivity index (χ4v) is 2.96. The van der Waals surface area contributed by atoms with E-state index in [0.717, 1.165) is 36.4 Å². The van der Waals surface area contributed by atoms with Gasteiger partial charge >= 0.3 is 0 Å². The second-order valence-electron chi connectivity index (χ2n) is 5.36. The van der Waals surface area contributed by atoms with Gasteiger partial charge in [-0.1, -0.05) is 6.07 Å². The second kappa shape index (κ2) is 7.17. The molecule has 3 rings (SSSR count). The number of fused-ring (bicyclic) bond motifs is 1. The van der Waals surface area contributed by atoms with Gasteiger partial charge in [0, 0.05) is 13.7 Å². The second-order valence-corrected chi connectivity index (χ2v) is 5.36. The summed E-state index contributed by atoms with van der Waals surface area (Å²) in [4.78, 5) is 14.3. The van der Waals surface area contributed by atoms with Crippen molar-refractivity contribution in [1.29, 1.82) is 0 Å². The molecule has 7 heteroatoms. The molecule has 1 aromatic carbocycles. The Morgan fingerprint density at radius 2 is 2.23 bits per heavy atom. The van der Waals surface area contributed by atoms with E-state index in [1.165, 1.54) is 0 Å². The van der Waals surface area contributed by atoms with Crippen LogP contribution >= 0.6 is 12.4 Å². The number of hydrogen-bond acceptors (Lipinski definition) is 5. The van der Waals surface area contributed by atoms with Crippen LogP contribution in [0.1, 0.15) is 24.4 Å². The van der Waals surface area contributed by atoms with E-state index in [1.54, 1.807) is 7.11 Å². The minimum absolute atomic E-state index is 0. The lowest BCUT2D eigenvalue weighted by molar-refractivity contribution is -0.134. The highest BCUT2D eigenvalue weighted by Crippen LogP contribution is 2.38. The van der Waals surface area contributed by atoms with Crippen LogP contribution in [0.15, 0.2) is 18.2 Å². The Kier molecular flexibility index (Phi) is 5.50. The summed E-state index contributed by atoms with van der Waals surface area (Å²) in [6.07, 6.45) is 1.91. The first-order chi connectivity index (χ1) is 10.2. The summed E-state index contributed by atoms with van der Waals surface area (Å²) in [5.41, 5.74) is 6.94. The molecule has 2 aliphatic rings. The summed E-state index contributed by atoms with van der Waals surface area (Å²) in [5, 5.41) is 0. The van der Waals surface area contributed by atoms with Crippen LogP contribution in [0.4, 0.5) is 0 Å². The molecule has 0 aliphatic carbocycles. The predicted octanol–water partition coefficient (Wildman–Crippen LogP) is 1.47. The van der Waals surface area contributed by atoms with E-state index in [4.69, 9.17) is 19.9 Å². The number of nitrogens with zero attached hydrogens (tertiary/aromatic N) is 1. The minimum Gasteiger partial charge on any atom is -0.454 e. The number of likely N-dealkylation sites (tertiary alicyclic amines) is 1. The minimum atomic E-state index is -0.607. The molecule has 0 bridgehead atoms. The van der Waals surface area contributed by atoms with Crippen molar-refractivity contribution < 1.29 is 19.0 Å². The smallest absolute Gasteiger partial charge is 0.242 e. The number of benzene rings is 1. The lowest BCUT2D eigenvalue weighted by Gasteiger charge is -2.27. The molecule has 0 saturated carbocycles. The zero-order valence-corrected chi connectivity index (χ0v) is 13.3. The average Bonchev–Trinajstić information content (AvgIpc) is 3.14. The van der Waals surface area contributed by atoms with Gasteiger partial charge in [-0.25, -0.2) is 0 Å². The molecule has 2 N–H and O–H groups in total. The third-order valence-electron chi connectivity index (χ3n) is 3.98. The number of amides is 1. The van der Waals surface area contributed by atoms with Crippen molar-refractivity contribution >= 4 is 18.3 Å². The van der Waals surface area contributed by atoms with Crippen LogP contribution in [-0.4, -0.2) is 43.9 Å². The maximum atomic E-state index is 12.4. The molecule has 22 heavy (non-hydrogen) atoms. The Morgan fingerprint density at radius 3 is 3.00 bits per heavy atom. The van der Waals surface area contributed by atoms with E-state index in [9.17, 15) is 4.79 Å². The molecule has 1 amide bonds. The van der Waals surface area contributed by atoms with Gasteiger partial charge < -0.3 is 24.8 Å². The summed E-state index contributed by atoms with van der Waals surface area (Å²) in [6.45, 7) is 1.23. The number of ether oxygens (including phenoxy) is 3. The van der Waals surface area contributed by atoms with Gasteiger partial charge in [-0.3, -0.25) is 4.79 Å². The van der Waals surface area contributed by atoms with Crippen molar-refractivity contribution in [1.82, 2.24) is 4.90 Å². The Bertz CT molecular complexity index is 540.